The van der Waals surface area contributed by atoms with E-state index in [1.807, 2.05) is 12.5 Å². The van der Waals surface area contributed by atoms with E-state index in [4.69, 9.17) is 9.47 Å². The van der Waals surface area contributed by atoms with E-state index in [9.17, 15) is 0 Å². The standard InChI is InChI=1S/C22H28N6O2/c1-26-16-23-13-18(26)4-6-27-7-9-28(10-8-27)17-2-3-21-20(12-17)22(25-15-24-21)30-19-5-11-29-14-19/h2-3,12-13,15-16,19H,4-11,14H2,1H3. The lowest BCUT2D eigenvalue weighted by Gasteiger charge is -2.36. The van der Waals surface area contributed by atoms with Gasteiger partial charge in [0.25, 0.3) is 0 Å². The van der Waals surface area contributed by atoms with Crippen molar-refractivity contribution in [1.29, 1.82) is 0 Å². The summed E-state index contributed by atoms with van der Waals surface area (Å²) >= 11 is 0. The van der Waals surface area contributed by atoms with Crippen molar-refractivity contribution in [3.63, 3.8) is 0 Å². The summed E-state index contributed by atoms with van der Waals surface area (Å²) in [5.41, 5.74) is 3.40. The predicted molar refractivity (Wildman–Crippen MR) is 115 cm³/mol. The Bertz CT molecular complexity index is 992. The molecule has 2 aliphatic rings. The second kappa shape index (κ2) is 8.57. The van der Waals surface area contributed by atoms with Crippen molar-refractivity contribution in [3.8, 4) is 5.88 Å². The maximum atomic E-state index is 6.11. The minimum atomic E-state index is 0.0785. The van der Waals surface area contributed by atoms with Crippen LogP contribution < -0.4 is 9.64 Å². The Morgan fingerprint density at radius 2 is 2.07 bits per heavy atom. The van der Waals surface area contributed by atoms with Crippen molar-refractivity contribution in [3.05, 3.63) is 42.7 Å². The Balaban J connectivity index is 1.24. The summed E-state index contributed by atoms with van der Waals surface area (Å²) in [5.74, 6) is 0.659. The van der Waals surface area contributed by atoms with E-state index < -0.39 is 0 Å². The Kier molecular flexibility index (Phi) is 5.50. The molecule has 0 amide bonds. The molecule has 4 heterocycles. The number of imidazole rings is 1. The van der Waals surface area contributed by atoms with E-state index in [-0.39, 0.29) is 6.10 Å². The van der Waals surface area contributed by atoms with E-state index in [2.05, 4.69) is 54.6 Å². The van der Waals surface area contributed by atoms with Crippen LogP contribution >= 0.6 is 0 Å². The minimum absolute atomic E-state index is 0.0785. The molecule has 2 fully saturated rings. The average Bonchev–Trinajstić information content (AvgIpc) is 3.44. The third kappa shape index (κ3) is 4.11. The zero-order valence-electron chi connectivity index (χ0n) is 17.4. The number of rotatable bonds is 6. The number of nitrogens with zero attached hydrogens (tertiary/aromatic N) is 6. The van der Waals surface area contributed by atoms with Gasteiger partial charge in [-0.15, -0.1) is 0 Å². The number of anilines is 1. The first-order chi connectivity index (χ1) is 14.8. The summed E-state index contributed by atoms with van der Waals surface area (Å²) in [7, 11) is 2.06. The van der Waals surface area contributed by atoms with Gasteiger partial charge < -0.3 is 18.9 Å². The van der Waals surface area contributed by atoms with Gasteiger partial charge in [0.2, 0.25) is 5.88 Å². The number of ether oxygens (including phenoxy) is 2. The molecule has 30 heavy (non-hydrogen) atoms. The fraction of sp³-hybridized carbons (Fsp3) is 0.500. The van der Waals surface area contributed by atoms with E-state index in [0.717, 1.165) is 63.1 Å². The van der Waals surface area contributed by atoms with Crippen LogP contribution in [0.3, 0.4) is 0 Å². The highest BCUT2D eigenvalue weighted by Crippen LogP contribution is 2.28. The van der Waals surface area contributed by atoms with Crippen molar-refractivity contribution in [2.45, 2.75) is 18.9 Å². The lowest BCUT2D eigenvalue weighted by molar-refractivity contribution is 0.139. The Hall–Kier alpha value is -2.71. The van der Waals surface area contributed by atoms with Gasteiger partial charge in [-0.25, -0.2) is 15.0 Å². The van der Waals surface area contributed by atoms with Crippen LogP contribution in [-0.4, -0.2) is 76.5 Å². The fourth-order valence-corrected chi connectivity index (χ4v) is 4.20. The maximum Gasteiger partial charge on any atom is 0.224 e. The van der Waals surface area contributed by atoms with Gasteiger partial charge in [0.1, 0.15) is 12.4 Å². The van der Waals surface area contributed by atoms with Gasteiger partial charge in [-0.1, -0.05) is 0 Å². The molecule has 3 aromatic rings. The summed E-state index contributed by atoms with van der Waals surface area (Å²) in [4.78, 5) is 18.0. The number of benzene rings is 1. The number of fused-ring (bicyclic) bond motifs is 1. The third-order valence-corrected chi connectivity index (χ3v) is 6.09. The molecule has 1 atom stereocenters. The van der Waals surface area contributed by atoms with Gasteiger partial charge >= 0.3 is 0 Å². The van der Waals surface area contributed by atoms with E-state index >= 15 is 0 Å². The molecule has 0 bridgehead atoms. The normalized spacial score (nSPS) is 20.2. The molecule has 0 saturated carbocycles. The smallest absolute Gasteiger partial charge is 0.224 e. The molecule has 5 rings (SSSR count). The molecule has 1 unspecified atom stereocenters. The lowest BCUT2D eigenvalue weighted by atomic mass is 10.1. The van der Waals surface area contributed by atoms with Crippen LogP contribution in [0.25, 0.3) is 10.9 Å². The molecule has 2 aliphatic heterocycles. The molecule has 0 N–H and O–H groups in total. The first-order valence-electron chi connectivity index (χ1n) is 10.7. The molecule has 158 valence electrons. The van der Waals surface area contributed by atoms with Crippen molar-refractivity contribution in [2.24, 2.45) is 7.05 Å². The minimum Gasteiger partial charge on any atom is -0.471 e. The molecule has 1 aromatic carbocycles. The van der Waals surface area contributed by atoms with Crippen molar-refractivity contribution in [2.75, 3.05) is 50.8 Å². The van der Waals surface area contributed by atoms with Crippen LogP contribution in [0.1, 0.15) is 12.1 Å². The second-order valence-electron chi connectivity index (χ2n) is 8.06. The zero-order chi connectivity index (χ0) is 20.3. The van der Waals surface area contributed by atoms with Gasteiger partial charge in [0.15, 0.2) is 0 Å². The predicted octanol–water partition coefficient (Wildman–Crippen LogP) is 1.90. The Labute approximate surface area is 176 Å². The van der Waals surface area contributed by atoms with Gasteiger partial charge in [0, 0.05) is 70.2 Å². The van der Waals surface area contributed by atoms with Gasteiger partial charge in [-0.2, -0.15) is 0 Å². The highest BCUT2D eigenvalue weighted by atomic mass is 16.5. The number of hydrogen-bond acceptors (Lipinski definition) is 7. The van der Waals surface area contributed by atoms with Crippen molar-refractivity contribution >= 4 is 16.6 Å². The first-order valence-corrected chi connectivity index (χ1v) is 10.7. The molecule has 0 radical (unpaired) electrons. The lowest BCUT2D eigenvalue weighted by Crippen LogP contribution is -2.47. The van der Waals surface area contributed by atoms with E-state index in [0.29, 0.717) is 12.5 Å². The second-order valence-corrected chi connectivity index (χ2v) is 8.06. The number of hydrogen-bond donors (Lipinski definition) is 0. The zero-order valence-corrected chi connectivity index (χ0v) is 17.4. The van der Waals surface area contributed by atoms with Crippen LogP contribution in [0, 0.1) is 0 Å². The average molecular weight is 409 g/mol. The Morgan fingerprint density at radius 1 is 1.17 bits per heavy atom. The summed E-state index contributed by atoms with van der Waals surface area (Å²) in [6, 6.07) is 6.40. The van der Waals surface area contributed by atoms with Crippen molar-refractivity contribution in [1.82, 2.24) is 24.4 Å². The maximum absolute atomic E-state index is 6.11. The number of aromatic nitrogens is 4. The van der Waals surface area contributed by atoms with Crippen molar-refractivity contribution < 1.29 is 9.47 Å². The fourth-order valence-electron chi connectivity index (χ4n) is 4.20. The van der Waals surface area contributed by atoms with E-state index in [1.165, 1.54) is 11.4 Å². The van der Waals surface area contributed by atoms with Gasteiger partial charge in [-0.3, -0.25) is 4.90 Å². The van der Waals surface area contributed by atoms with Crippen LogP contribution in [0.15, 0.2) is 37.1 Å². The molecule has 0 spiro atoms. The summed E-state index contributed by atoms with van der Waals surface area (Å²) in [6.07, 6.45) is 7.43. The molecule has 2 saturated heterocycles. The number of aryl methyl sites for hydroxylation is 1. The molecular formula is C22H28N6O2. The summed E-state index contributed by atoms with van der Waals surface area (Å²) in [6.45, 7) is 6.60. The molecular weight excluding hydrogens is 380 g/mol. The molecule has 8 nitrogen and oxygen atoms in total. The molecule has 8 heteroatoms. The van der Waals surface area contributed by atoms with Gasteiger partial charge in [0.05, 0.1) is 30.4 Å². The summed E-state index contributed by atoms with van der Waals surface area (Å²) in [5, 5.41) is 0.973. The quantitative estimate of drug-likeness (QED) is 0.617. The SMILES string of the molecule is Cn1cncc1CCN1CCN(c2ccc3ncnc(OC4CCOC4)c3c2)CC1. The molecule has 0 aliphatic carbocycles. The number of piperazine rings is 1. The largest absolute Gasteiger partial charge is 0.471 e. The first kappa shape index (κ1) is 19.3. The molecule has 2 aromatic heterocycles. The van der Waals surface area contributed by atoms with Crippen LogP contribution in [0.2, 0.25) is 0 Å². The highest BCUT2D eigenvalue weighted by molar-refractivity contribution is 5.86. The van der Waals surface area contributed by atoms with Crippen LogP contribution in [0.4, 0.5) is 5.69 Å². The van der Waals surface area contributed by atoms with Gasteiger partial charge in [-0.05, 0) is 18.2 Å². The highest BCUT2D eigenvalue weighted by Gasteiger charge is 2.21. The Morgan fingerprint density at radius 3 is 2.83 bits per heavy atom. The third-order valence-electron chi connectivity index (χ3n) is 6.09. The van der Waals surface area contributed by atoms with Crippen LogP contribution in [0.5, 0.6) is 5.88 Å². The van der Waals surface area contributed by atoms with Crippen LogP contribution in [-0.2, 0) is 18.2 Å². The monoisotopic (exact) mass is 408 g/mol. The topological polar surface area (TPSA) is 68.5 Å². The van der Waals surface area contributed by atoms with E-state index in [1.54, 1.807) is 6.33 Å². The summed E-state index contributed by atoms with van der Waals surface area (Å²) < 4.78 is 13.7.